The lowest BCUT2D eigenvalue weighted by atomic mass is 10.2. The van der Waals surface area contributed by atoms with Gasteiger partial charge in [0, 0.05) is 5.22 Å². The van der Waals surface area contributed by atoms with Crippen LogP contribution in [0.2, 0.25) is 0 Å². The number of rotatable bonds is 0. The SMILES string of the molecule is C1=NC2C=c3ccccc3=C2N=N1. The maximum Gasteiger partial charge on any atom is 0.133 e. The molecule has 0 spiro atoms. The molecule has 0 saturated heterocycles. The first-order valence-corrected chi connectivity index (χ1v) is 4.19. The predicted molar refractivity (Wildman–Crippen MR) is 50.7 cm³/mol. The van der Waals surface area contributed by atoms with Crippen molar-refractivity contribution in [2.24, 2.45) is 15.2 Å². The van der Waals surface area contributed by atoms with Crippen LogP contribution in [0.4, 0.5) is 0 Å². The van der Waals surface area contributed by atoms with E-state index in [1.165, 1.54) is 11.6 Å². The van der Waals surface area contributed by atoms with Crippen molar-refractivity contribution in [1.82, 2.24) is 0 Å². The quantitative estimate of drug-likeness (QED) is 0.541. The molecule has 1 aromatic rings. The molecule has 0 saturated carbocycles. The van der Waals surface area contributed by atoms with E-state index >= 15 is 0 Å². The molecule has 0 radical (unpaired) electrons. The zero-order chi connectivity index (χ0) is 8.67. The van der Waals surface area contributed by atoms with Crippen LogP contribution in [0.1, 0.15) is 0 Å². The summed E-state index contributed by atoms with van der Waals surface area (Å²) < 4.78 is 0. The minimum atomic E-state index is 0.0925. The molecular weight excluding hydrogens is 162 g/mol. The van der Waals surface area contributed by atoms with Crippen molar-refractivity contribution in [3.05, 3.63) is 34.7 Å². The van der Waals surface area contributed by atoms with E-state index < -0.39 is 0 Å². The Labute approximate surface area is 74.8 Å². The van der Waals surface area contributed by atoms with Gasteiger partial charge in [-0.2, -0.15) is 5.11 Å². The second kappa shape index (κ2) is 2.36. The molecule has 0 N–H and O–H groups in total. The molecule has 3 rings (SSSR count). The van der Waals surface area contributed by atoms with Crippen molar-refractivity contribution >= 4 is 18.1 Å². The highest BCUT2D eigenvalue weighted by Crippen LogP contribution is 2.15. The fourth-order valence-corrected chi connectivity index (χ4v) is 1.70. The van der Waals surface area contributed by atoms with E-state index in [9.17, 15) is 0 Å². The topological polar surface area (TPSA) is 37.1 Å². The number of hydrogen-bond acceptors (Lipinski definition) is 3. The van der Waals surface area contributed by atoms with Gasteiger partial charge in [-0.3, -0.25) is 4.99 Å². The molecule has 3 heteroatoms. The Balaban J connectivity index is 2.44. The highest BCUT2D eigenvalue weighted by molar-refractivity contribution is 5.72. The molecular formula is C10H7N3. The van der Waals surface area contributed by atoms with Gasteiger partial charge in [-0.05, 0) is 11.3 Å². The van der Waals surface area contributed by atoms with Crippen molar-refractivity contribution in [1.29, 1.82) is 0 Å². The molecule has 0 amide bonds. The van der Waals surface area contributed by atoms with Gasteiger partial charge < -0.3 is 0 Å². The van der Waals surface area contributed by atoms with Crippen LogP contribution in [0, 0.1) is 0 Å². The molecule has 3 nitrogen and oxygen atoms in total. The molecule has 1 heterocycles. The Morgan fingerprint density at radius 1 is 1.15 bits per heavy atom. The highest BCUT2D eigenvalue weighted by Gasteiger charge is 2.17. The monoisotopic (exact) mass is 169 g/mol. The number of fused-ring (bicyclic) bond motifs is 2. The van der Waals surface area contributed by atoms with Gasteiger partial charge in [-0.25, -0.2) is 0 Å². The van der Waals surface area contributed by atoms with Gasteiger partial charge in [0.25, 0.3) is 0 Å². The van der Waals surface area contributed by atoms with E-state index in [-0.39, 0.29) is 6.04 Å². The molecule has 0 fully saturated rings. The zero-order valence-corrected chi connectivity index (χ0v) is 6.88. The fourth-order valence-electron chi connectivity index (χ4n) is 1.70. The van der Waals surface area contributed by atoms with Gasteiger partial charge in [0.05, 0.1) is 5.70 Å². The van der Waals surface area contributed by atoms with Crippen LogP contribution in [0.3, 0.4) is 0 Å². The van der Waals surface area contributed by atoms with Gasteiger partial charge >= 0.3 is 0 Å². The van der Waals surface area contributed by atoms with Crippen LogP contribution in [-0.4, -0.2) is 12.4 Å². The molecule has 1 aliphatic carbocycles. The average molecular weight is 169 g/mol. The summed E-state index contributed by atoms with van der Waals surface area (Å²) in [5.74, 6) is 0. The van der Waals surface area contributed by atoms with E-state index in [4.69, 9.17) is 0 Å². The lowest BCUT2D eigenvalue weighted by Gasteiger charge is -2.04. The second-order valence-corrected chi connectivity index (χ2v) is 3.06. The summed E-state index contributed by atoms with van der Waals surface area (Å²) in [4.78, 5) is 4.23. The molecule has 1 unspecified atom stereocenters. The van der Waals surface area contributed by atoms with Gasteiger partial charge in [0.2, 0.25) is 0 Å². The van der Waals surface area contributed by atoms with Crippen LogP contribution >= 0.6 is 0 Å². The third kappa shape index (κ3) is 0.869. The van der Waals surface area contributed by atoms with Gasteiger partial charge in [0.15, 0.2) is 0 Å². The lowest BCUT2D eigenvalue weighted by molar-refractivity contribution is 1.02. The number of hydrogen-bond donors (Lipinski definition) is 0. The predicted octanol–water partition coefficient (Wildman–Crippen LogP) is 0.452. The van der Waals surface area contributed by atoms with Crippen molar-refractivity contribution in [2.45, 2.75) is 6.04 Å². The highest BCUT2D eigenvalue weighted by atomic mass is 15.2. The Bertz CT molecular complexity index is 525. The van der Waals surface area contributed by atoms with Gasteiger partial charge in [0.1, 0.15) is 12.4 Å². The third-order valence-electron chi connectivity index (χ3n) is 2.30. The molecule has 62 valence electrons. The summed E-state index contributed by atoms with van der Waals surface area (Å²) in [6.45, 7) is 0. The first-order valence-electron chi connectivity index (χ1n) is 4.19. The number of nitrogens with zero attached hydrogens (tertiary/aromatic N) is 3. The maximum absolute atomic E-state index is 4.23. The Kier molecular flexibility index (Phi) is 1.22. The molecule has 1 atom stereocenters. The standard InChI is InChI=1S/C10H7N3/c1-2-4-8-7(3-1)5-9-10(8)13-12-6-11-9/h1-6,9H. The molecule has 1 aliphatic heterocycles. The van der Waals surface area contributed by atoms with E-state index in [0.29, 0.717) is 0 Å². The first kappa shape index (κ1) is 6.71. The first-order chi connectivity index (χ1) is 6.45. The van der Waals surface area contributed by atoms with Crippen molar-refractivity contribution in [2.75, 3.05) is 0 Å². The van der Waals surface area contributed by atoms with Crippen molar-refractivity contribution in [3.8, 4) is 0 Å². The maximum atomic E-state index is 4.23. The number of benzene rings is 1. The summed E-state index contributed by atoms with van der Waals surface area (Å²) in [6, 6.07) is 8.26. The van der Waals surface area contributed by atoms with Crippen LogP contribution in [-0.2, 0) is 0 Å². The van der Waals surface area contributed by atoms with Gasteiger partial charge in [-0.1, -0.05) is 24.3 Å². The smallest absolute Gasteiger partial charge is 0.133 e. The van der Waals surface area contributed by atoms with E-state index in [1.807, 2.05) is 12.1 Å². The molecule has 13 heavy (non-hydrogen) atoms. The molecule has 2 aliphatic rings. The summed E-state index contributed by atoms with van der Waals surface area (Å²) in [5.41, 5.74) is 0.970. The second-order valence-electron chi connectivity index (χ2n) is 3.06. The molecule has 0 aromatic heterocycles. The van der Waals surface area contributed by atoms with Crippen LogP contribution in [0.5, 0.6) is 0 Å². The molecule has 1 aromatic carbocycles. The lowest BCUT2D eigenvalue weighted by Crippen LogP contribution is -2.21. The van der Waals surface area contributed by atoms with Crippen molar-refractivity contribution in [3.63, 3.8) is 0 Å². The summed E-state index contributed by atoms with van der Waals surface area (Å²) >= 11 is 0. The van der Waals surface area contributed by atoms with E-state index in [2.05, 4.69) is 33.4 Å². The van der Waals surface area contributed by atoms with Crippen LogP contribution in [0.25, 0.3) is 11.8 Å². The Morgan fingerprint density at radius 3 is 3.08 bits per heavy atom. The molecule has 0 bridgehead atoms. The summed E-state index contributed by atoms with van der Waals surface area (Å²) in [6.07, 6.45) is 3.62. The minimum Gasteiger partial charge on any atom is -0.258 e. The van der Waals surface area contributed by atoms with Gasteiger partial charge in [-0.15, -0.1) is 5.11 Å². The fraction of sp³-hybridized carbons (Fsp3) is 0.100. The third-order valence-corrected chi connectivity index (χ3v) is 2.30. The van der Waals surface area contributed by atoms with E-state index in [0.717, 1.165) is 10.9 Å². The average Bonchev–Trinajstić information content (AvgIpc) is 2.56. The number of aliphatic imine (C=N–C) groups is 1. The summed E-state index contributed by atoms with van der Waals surface area (Å²) in [7, 11) is 0. The minimum absolute atomic E-state index is 0.0925. The Hall–Kier alpha value is -1.77. The zero-order valence-electron chi connectivity index (χ0n) is 6.88. The van der Waals surface area contributed by atoms with Crippen LogP contribution < -0.4 is 10.4 Å². The summed E-state index contributed by atoms with van der Waals surface area (Å²) in [5, 5.41) is 10.3. The van der Waals surface area contributed by atoms with E-state index in [1.54, 1.807) is 0 Å². The normalized spacial score (nSPS) is 22.5. The number of azo groups is 1. The largest absolute Gasteiger partial charge is 0.258 e. The Morgan fingerprint density at radius 2 is 2.08 bits per heavy atom. The van der Waals surface area contributed by atoms with Crippen LogP contribution in [0.15, 0.2) is 39.5 Å². The van der Waals surface area contributed by atoms with Crippen molar-refractivity contribution < 1.29 is 0 Å².